The molecule has 0 atom stereocenters. The Labute approximate surface area is 164 Å². The predicted octanol–water partition coefficient (Wildman–Crippen LogP) is 4.87. The van der Waals surface area contributed by atoms with Gasteiger partial charge >= 0.3 is 5.97 Å². The van der Waals surface area contributed by atoms with Crippen LogP contribution >= 0.6 is 11.3 Å². The molecule has 0 aliphatic heterocycles. The highest BCUT2D eigenvalue weighted by molar-refractivity contribution is 7.13. The average Bonchev–Trinajstić information content (AvgIpc) is 3.41. The Bertz CT molecular complexity index is 1100. The summed E-state index contributed by atoms with van der Waals surface area (Å²) in [6.07, 6.45) is 1.55. The smallest absolute Gasteiger partial charge is 0.363 e. The molecule has 0 bridgehead atoms. The van der Waals surface area contributed by atoms with Gasteiger partial charge in [-0.3, -0.25) is 4.79 Å². The summed E-state index contributed by atoms with van der Waals surface area (Å²) < 4.78 is 10.7. The van der Waals surface area contributed by atoms with Crippen LogP contribution in [0.1, 0.15) is 20.8 Å². The second-order valence-corrected chi connectivity index (χ2v) is 6.61. The van der Waals surface area contributed by atoms with Gasteiger partial charge in [0.15, 0.2) is 16.5 Å². The number of carbonyl (C=O) groups is 2. The summed E-state index contributed by atoms with van der Waals surface area (Å²) in [7, 11) is 0. The molecule has 7 heteroatoms. The number of thiazole rings is 1. The quantitative estimate of drug-likeness (QED) is 0.388. The van der Waals surface area contributed by atoms with Gasteiger partial charge in [-0.1, -0.05) is 24.3 Å². The van der Waals surface area contributed by atoms with Crippen molar-refractivity contribution >= 4 is 28.9 Å². The predicted molar refractivity (Wildman–Crippen MR) is 106 cm³/mol. The van der Waals surface area contributed by atoms with Gasteiger partial charge in [-0.15, -0.1) is 11.3 Å². The fourth-order valence-corrected chi connectivity index (χ4v) is 3.23. The van der Waals surface area contributed by atoms with Crippen LogP contribution in [0.4, 0.5) is 5.69 Å². The number of carbonyl (C=O) groups excluding carboxylic acids is 2. The average molecular weight is 390 g/mol. The van der Waals surface area contributed by atoms with Crippen molar-refractivity contribution in [1.82, 2.24) is 4.98 Å². The number of ether oxygens (including phenoxy) is 1. The Kier molecular flexibility index (Phi) is 4.99. The van der Waals surface area contributed by atoms with Crippen molar-refractivity contribution in [3.8, 4) is 16.5 Å². The van der Waals surface area contributed by atoms with Crippen LogP contribution in [0.3, 0.4) is 0 Å². The number of benzene rings is 2. The molecule has 6 nitrogen and oxygen atoms in total. The number of hydrogen-bond donors (Lipinski definition) is 1. The summed E-state index contributed by atoms with van der Waals surface area (Å²) in [6.45, 7) is 0. The molecule has 0 saturated carbocycles. The zero-order valence-electron chi connectivity index (χ0n) is 14.5. The number of furan rings is 1. The maximum atomic E-state index is 12.4. The highest BCUT2D eigenvalue weighted by Crippen LogP contribution is 2.25. The van der Waals surface area contributed by atoms with Crippen LogP contribution in [0.15, 0.2) is 82.8 Å². The monoisotopic (exact) mass is 390 g/mol. The lowest BCUT2D eigenvalue weighted by molar-refractivity contribution is 0.0729. The van der Waals surface area contributed by atoms with Gasteiger partial charge in [-0.2, -0.15) is 0 Å². The van der Waals surface area contributed by atoms with Gasteiger partial charge in [-0.25, -0.2) is 9.78 Å². The molecule has 0 fully saturated rings. The molecule has 2 heterocycles. The van der Waals surface area contributed by atoms with E-state index >= 15 is 0 Å². The summed E-state index contributed by atoms with van der Waals surface area (Å²) in [5, 5.41) is 4.99. The SMILES string of the molecule is O=C(Nc1cccc(OC(=O)c2csc(-c3ccco3)n2)c1)c1ccccc1. The van der Waals surface area contributed by atoms with Crippen molar-refractivity contribution < 1.29 is 18.7 Å². The third-order valence-electron chi connectivity index (χ3n) is 3.78. The van der Waals surface area contributed by atoms with Crippen LogP contribution < -0.4 is 10.1 Å². The van der Waals surface area contributed by atoms with Crippen LogP contribution in [0.2, 0.25) is 0 Å². The van der Waals surface area contributed by atoms with E-state index in [1.54, 1.807) is 72.3 Å². The lowest BCUT2D eigenvalue weighted by Gasteiger charge is -2.07. The molecule has 0 aliphatic carbocycles. The molecular formula is C21H14N2O4S. The number of nitrogens with zero attached hydrogens (tertiary/aromatic N) is 1. The van der Waals surface area contributed by atoms with Gasteiger partial charge in [0.2, 0.25) is 0 Å². The summed E-state index contributed by atoms with van der Waals surface area (Å²) >= 11 is 1.29. The Morgan fingerprint density at radius 1 is 1.00 bits per heavy atom. The number of anilines is 1. The fourth-order valence-electron chi connectivity index (χ4n) is 2.47. The number of esters is 1. The number of amides is 1. The van der Waals surface area contributed by atoms with E-state index < -0.39 is 5.97 Å². The van der Waals surface area contributed by atoms with Crippen molar-refractivity contribution in [3.05, 3.63) is 89.6 Å². The van der Waals surface area contributed by atoms with Gasteiger partial charge in [0.25, 0.3) is 5.91 Å². The van der Waals surface area contributed by atoms with Crippen molar-refractivity contribution in [1.29, 1.82) is 0 Å². The maximum Gasteiger partial charge on any atom is 0.363 e. The largest absolute Gasteiger partial charge is 0.462 e. The van der Waals surface area contributed by atoms with Crippen LogP contribution in [0, 0.1) is 0 Å². The Balaban J connectivity index is 1.44. The highest BCUT2D eigenvalue weighted by atomic mass is 32.1. The van der Waals surface area contributed by atoms with E-state index in [-0.39, 0.29) is 11.6 Å². The minimum Gasteiger partial charge on any atom is -0.462 e. The molecule has 0 aliphatic rings. The van der Waals surface area contributed by atoms with E-state index in [0.29, 0.717) is 27.8 Å². The van der Waals surface area contributed by atoms with E-state index in [4.69, 9.17) is 9.15 Å². The molecule has 0 saturated heterocycles. The number of aromatic nitrogens is 1. The first kappa shape index (κ1) is 17.7. The molecular weight excluding hydrogens is 376 g/mol. The molecule has 0 unspecified atom stereocenters. The topological polar surface area (TPSA) is 81.4 Å². The molecule has 28 heavy (non-hydrogen) atoms. The minimum absolute atomic E-state index is 0.190. The van der Waals surface area contributed by atoms with E-state index in [1.807, 2.05) is 6.07 Å². The van der Waals surface area contributed by atoms with Crippen molar-refractivity contribution in [3.63, 3.8) is 0 Å². The highest BCUT2D eigenvalue weighted by Gasteiger charge is 2.16. The second kappa shape index (κ2) is 7.89. The second-order valence-electron chi connectivity index (χ2n) is 5.75. The van der Waals surface area contributed by atoms with Crippen LogP contribution in [-0.2, 0) is 0 Å². The first-order chi connectivity index (χ1) is 13.7. The number of nitrogens with one attached hydrogen (secondary N) is 1. The summed E-state index contributed by atoms with van der Waals surface area (Å²) in [6, 6.07) is 19.0. The number of rotatable bonds is 5. The van der Waals surface area contributed by atoms with Gasteiger partial charge in [-0.05, 0) is 36.4 Å². The third-order valence-corrected chi connectivity index (χ3v) is 4.64. The van der Waals surface area contributed by atoms with E-state index in [2.05, 4.69) is 10.3 Å². The standard InChI is InChI=1S/C21H14N2O4S/c24-19(14-6-2-1-3-7-14)22-15-8-4-9-16(12-15)27-21(25)17-13-28-20(23-17)18-10-5-11-26-18/h1-13H,(H,22,24). The van der Waals surface area contributed by atoms with Crippen LogP contribution in [0.25, 0.3) is 10.8 Å². The summed E-state index contributed by atoms with van der Waals surface area (Å²) in [4.78, 5) is 28.8. The third kappa shape index (κ3) is 3.99. The molecule has 4 aromatic rings. The van der Waals surface area contributed by atoms with Gasteiger partial charge in [0.1, 0.15) is 5.75 Å². The van der Waals surface area contributed by atoms with Crippen LogP contribution in [-0.4, -0.2) is 16.9 Å². The van der Waals surface area contributed by atoms with Crippen LogP contribution in [0.5, 0.6) is 5.75 Å². The Hall–Kier alpha value is -3.71. The first-order valence-electron chi connectivity index (χ1n) is 8.37. The lowest BCUT2D eigenvalue weighted by atomic mass is 10.2. The van der Waals surface area contributed by atoms with Crippen molar-refractivity contribution in [2.75, 3.05) is 5.32 Å². The molecule has 4 rings (SSSR count). The molecule has 1 amide bonds. The van der Waals surface area contributed by atoms with Gasteiger partial charge < -0.3 is 14.5 Å². The molecule has 2 aromatic heterocycles. The minimum atomic E-state index is -0.583. The normalized spacial score (nSPS) is 10.4. The Morgan fingerprint density at radius 3 is 2.64 bits per heavy atom. The molecule has 0 radical (unpaired) electrons. The molecule has 2 aromatic carbocycles. The number of hydrogen-bond acceptors (Lipinski definition) is 6. The zero-order valence-corrected chi connectivity index (χ0v) is 15.3. The molecule has 0 spiro atoms. The van der Waals surface area contributed by atoms with Gasteiger partial charge in [0, 0.05) is 22.7 Å². The Morgan fingerprint density at radius 2 is 1.86 bits per heavy atom. The van der Waals surface area contributed by atoms with E-state index in [0.717, 1.165) is 0 Å². The van der Waals surface area contributed by atoms with Crippen molar-refractivity contribution in [2.45, 2.75) is 0 Å². The van der Waals surface area contributed by atoms with Gasteiger partial charge in [0.05, 0.1) is 6.26 Å². The zero-order chi connectivity index (χ0) is 19.3. The van der Waals surface area contributed by atoms with E-state index in [1.165, 1.54) is 11.3 Å². The lowest BCUT2D eigenvalue weighted by Crippen LogP contribution is -2.12. The summed E-state index contributed by atoms with van der Waals surface area (Å²) in [5.41, 5.74) is 1.25. The van der Waals surface area contributed by atoms with E-state index in [9.17, 15) is 9.59 Å². The maximum absolute atomic E-state index is 12.4. The fraction of sp³-hybridized carbons (Fsp3) is 0. The summed E-state index contributed by atoms with van der Waals surface area (Å²) in [5.74, 6) is 0.0744. The van der Waals surface area contributed by atoms with Crippen molar-refractivity contribution in [2.24, 2.45) is 0 Å². The molecule has 1 N–H and O–H groups in total. The first-order valence-corrected chi connectivity index (χ1v) is 9.25. The molecule has 138 valence electrons.